The summed E-state index contributed by atoms with van der Waals surface area (Å²) in [4.78, 5) is 0. The molecule has 0 aromatic carbocycles. The van der Waals surface area contributed by atoms with E-state index in [1.165, 1.54) is 6.08 Å². The first-order chi connectivity index (χ1) is 10.6. The molecule has 0 aromatic rings. The molecule has 2 saturated carbocycles. The number of hydrogen-bond acceptors (Lipinski definition) is 2. The second-order valence-corrected chi connectivity index (χ2v) is 6.41. The van der Waals surface area contributed by atoms with Gasteiger partial charge in [-0.1, -0.05) is 19.4 Å². The van der Waals surface area contributed by atoms with E-state index in [-0.39, 0.29) is 12.5 Å². The molecule has 0 spiro atoms. The summed E-state index contributed by atoms with van der Waals surface area (Å²) in [6.45, 7) is 6.22. The van der Waals surface area contributed by atoms with E-state index in [1.807, 2.05) is 6.92 Å². The van der Waals surface area contributed by atoms with Gasteiger partial charge in [0.1, 0.15) is 12.3 Å². The lowest BCUT2D eigenvalue weighted by Crippen LogP contribution is -2.55. The van der Waals surface area contributed by atoms with E-state index < -0.39 is 36.6 Å². The second-order valence-electron chi connectivity index (χ2n) is 6.41. The van der Waals surface area contributed by atoms with Crippen LogP contribution in [-0.2, 0) is 9.47 Å². The zero-order valence-corrected chi connectivity index (χ0v) is 13.2. The van der Waals surface area contributed by atoms with Crippen LogP contribution in [0.3, 0.4) is 0 Å². The fraction of sp³-hybridized carbons (Fsp3) is 0.882. The standard InChI is InChI=1S/C17H27F3O2/c1-3-5-9-22-12-7-6-11-10-13(21-8-4-2)16(19)17(20)14(11)15(12)18/h4,11-17H,2-3,5-10H2,1H3. The number of unbranched alkanes of at least 4 members (excludes halogenated alkanes) is 1. The molecule has 5 heteroatoms. The van der Waals surface area contributed by atoms with Crippen LogP contribution in [0.1, 0.15) is 39.0 Å². The fourth-order valence-corrected chi connectivity index (χ4v) is 3.70. The molecule has 0 N–H and O–H groups in total. The van der Waals surface area contributed by atoms with E-state index in [1.54, 1.807) is 0 Å². The molecule has 7 unspecified atom stereocenters. The molecular formula is C17H27F3O2. The van der Waals surface area contributed by atoms with Crippen molar-refractivity contribution in [3.63, 3.8) is 0 Å². The van der Waals surface area contributed by atoms with Crippen molar-refractivity contribution < 1.29 is 22.6 Å². The third-order valence-corrected chi connectivity index (χ3v) is 4.91. The van der Waals surface area contributed by atoms with Gasteiger partial charge in [0.2, 0.25) is 0 Å². The van der Waals surface area contributed by atoms with Crippen LogP contribution in [0.4, 0.5) is 13.2 Å². The zero-order chi connectivity index (χ0) is 16.1. The first-order valence-electron chi connectivity index (χ1n) is 8.36. The Morgan fingerprint density at radius 3 is 2.50 bits per heavy atom. The third kappa shape index (κ3) is 3.85. The number of hydrogen-bond donors (Lipinski definition) is 0. The summed E-state index contributed by atoms with van der Waals surface area (Å²) >= 11 is 0. The predicted molar refractivity (Wildman–Crippen MR) is 80.1 cm³/mol. The fourth-order valence-electron chi connectivity index (χ4n) is 3.70. The highest BCUT2D eigenvalue weighted by Gasteiger charge is 2.53. The average molecular weight is 320 g/mol. The van der Waals surface area contributed by atoms with E-state index in [0.717, 1.165) is 12.8 Å². The smallest absolute Gasteiger partial charge is 0.158 e. The number of rotatable bonds is 7. The monoisotopic (exact) mass is 320 g/mol. The zero-order valence-electron chi connectivity index (χ0n) is 13.2. The molecule has 0 bridgehead atoms. The molecule has 2 aliphatic rings. The normalized spacial score (nSPS) is 41.9. The lowest BCUT2D eigenvalue weighted by Gasteiger charge is -2.46. The lowest BCUT2D eigenvalue weighted by molar-refractivity contribution is -0.148. The van der Waals surface area contributed by atoms with Crippen LogP contribution in [-0.4, -0.2) is 43.9 Å². The Morgan fingerprint density at radius 1 is 1.05 bits per heavy atom. The Balaban J connectivity index is 1.97. The predicted octanol–water partition coefficient (Wildman–Crippen LogP) is 4.19. The second kappa shape index (κ2) is 8.34. The first kappa shape index (κ1) is 17.8. The van der Waals surface area contributed by atoms with Crippen LogP contribution >= 0.6 is 0 Å². The number of fused-ring (bicyclic) bond motifs is 1. The number of alkyl halides is 3. The van der Waals surface area contributed by atoms with Crippen LogP contribution in [0.5, 0.6) is 0 Å². The van der Waals surface area contributed by atoms with Gasteiger partial charge < -0.3 is 9.47 Å². The molecule has 0 aliphatic heterocycles. The van der Waals surface area contributed by atoms with Gasteiger partial charge in [-0.15, -0.1) is 6.58 Å². The van der Waals surface area contributed by atoms with E-state index in [9.17, 15) is 13.2 Å². The Hall–Kier alpha value is -0.550. The summed E-state index contributed by atoms with van der Waals surface area (Å²) in [6, 6.07) is 0. The van der Waals surface area contributed by atoms with E-state index in [0.29, 0.717) is 25.9 Å². The van der Waals surface area contributed by atoms with Crippen molar-refractivity contribution >= 4 is 0 Å². The average Bonchev–Trinajstić information content (AvgIpc) is 2.51. The molecule has 2 rings (SSSR count). The molecule has 0 aromatic heterocycles. The number of ether oxygens (including phenoxy) is 2. The quantitative estimate of drug-likeness (QED) is 0.517. The largest absolute Gasteiger partial charge is 0.375 e. The van der Waals surface area contributed by atoms with Crippen molar-refractivity contribution in [2.45, 2.75) is 69.8 Å². The summed E-state index contributed by atoms with van der Waals surface area (Å²) in [7, 11) is 0. The van der Waals surface area contributed by atoms with Crippen molar-refractivity contribution in [3.05, 3.63) is 12.7 Å². The summed E-state index contributed by atoms with van der Waals surface area (Å²) in [5, 5.41) is 0. The Morgan fingerprint density at radius 2 is 1.82 bits per heavy atom. The van der Waals surface area contributed by atoms with E-state index in [4.69, 9.17) is 9.47 Å². The van der Waals surface area contributed by atoms with Crippen molar-refractivity contribution in [2.24, 2.45) is 11.8 Å². The molecule has 0 saturated heterocycles. The summed E-state index contributed by atoms with van der Waals surface area (Å²) in [5.41, 5.74) is 0. The van der Waals surface area contributed by atoms with E-state index >= 15 is 0 Å². The van der Waals surface area contributed by atoms with E-state index in [2.05, 4.69) is 6.58 Å². The summed E-state index contributed by atoms with van der Waals surface area (Å²) < 4.78 is 54.1. The molecule has 0 heterocycles. The van der Waals surface area contributed by atoms with Gasteiger partial charge in [-0.05, 0) is 31.6 Å². The molecular weight excluding hydrogens is 293 g/mol. The van der Waals surface area contributed by atoms with Crippen LogP contribution in [0.25, 0.3) is 0 Å². The van der Waals surface area contributed by atoms with Crippen molar-refractivity contribution in [2.75, 3.05) is 13.2 Å². The summed E-state index contributed by atoms with van der Waals surface area (Å²) in [5.74, 6) is -1.07. The molecule has 7 atom stereocenters. The SMILES string of the molecule is C=CCOC1CC2CCC(OCCCC)C(F)C2C(F)C1F. The van der Waals surface area contributed by atoms with Gasteiger partial charge in [0.25, 0.3) is 0 Å². The van der Waals surface area contributed by atoms with Crippen LogP contribution in [0, 0.1) is 11.8 Å². The van der Waals surface area contributed by atoms with Gasteiger partial charge in [-0.3, -0.25) is 0 Å². The van der Waals surface area contributed by atoms with Crippen LogP contribution < -0.4 is 0 Å². The maximum atomic E-state index is 14.6. The molecule has 22 heavy (non-hydrogen) atoms. The topological polar surface area (TPSA) is 18.5 Å². The minimum atomic E-state index is -1.82. The highest BCUT2D eigenvalue weighted by Crippen LogP contribution is 2.46. The molecule has 0 amide bonds. The molecule has 2 aliphatic carbocycles. The van der Waals surface area contributed by atoms with Crippen molar-refractivity contribution in [1.82, 2.24) is 0 Å². The van der Waals surface area contributed by atoms with Crippen LogP contribution in [0.15, 0.2) is 12.7 Å². The van der Waals surface area contributed by atoms with Gasteiger partial charge in [0, 0.05) is 12.5 Å². The maximum absolute atomic E-state index is 14.6. The Labute approximate surface area is 131 Å². The molecule has 128 valence electrons. The third-order valence-electron chi connectivity index (χ3n) is 4.91. The highest BCUT2D eigenvalue weighted by molar-refractivity contribution is 5.01. The molecule has 2 nitrogen and oxygen atoms in total. The van der Waals surface area contributed by atoms with Gasteiger partial charge in [-0.25, -0.2) is 13.2 Å². The van der Waals surface area contributed by atoms with Crippen molar-refractivity contribution in [1.29, 1.82) is 0 Å². The minimum absolute atomic E-state index is 0.169. The number of halogens is 3. The minimum Gasteiger partial charge on any atom is -0.375 e. The van der Waals surface area contributed by atoms with Gasteiger partial charge in [0.05, 0.1) is 18.8 Å². The maximum Gasteiger partial charge on any atom is 0.158 e. The van der Waals surface area contributed by atoms with Gasteiger partial charge in [-0.2, -0.15) is 0 Å². The summed E-state index contributed by atoms with van der Waals surface area (Å²) in [6.07, 6.45) is -1.44. The Kier molecular flexibility index (Phi) is 6.75. The van der Waals surface area contributed by atoms with Gasteiger partial charge >= 0.3 is 0 Å². The van der Waals surface area contributed by atoms with Gasteiger partial charge in [0.15, 0.2) is 6.17 Å². The van der Waals surface area contributed by atoms with Crippen LogP contribution in [0.2, 0.25) is 0 Å². The first-order valence-corrected chi connectivity index (χ1v) is 8.36. The molecule has 0 radical (unpaired) electrons. The van der Waals surface area contributed by atoms with Crippen molar-refractivity contribution in [3.8, 4) is 0 Å². The Bertz CT molecular complexity index is 351. The lowest BCUT2D eigenvalue weighted by atomic mass is 9.66. The highest BCUT2D eigenvalue weighted by atomic mass is 19.2. The molecule has 2 fully saturated rings.